The smallest absolute Gasteiger partial charge is 0.261 e. The number of halogens is 2. The maximum Gasteiger partial charge on any atom is 0.261 e. The number of nitrogens with zero attached hydrogens (tertiary/aromatic N) is 3. The van der Waals surface area contributed by atoms with Crippen LogP contribution >= 0.6 is 0 Å². The summed E-state index contributed by atoms with van der Waals surface area (Å²) >= 11 is 0. The summed E-state index contributed by atoms with van der Waals surface area (Å²) in [7, 11) is 0. The van der Waals surface area contributed by atoms with Gasteiger partial charge < -0.3 is 10.1 Å². The van der Waals surface area contributed by atoms with Crippen molar-refractivity contribution in [2.45, 2.75) is 20.3 Å². The van der Waals surface area contributed by atoms with Gasteiger partial charge in [-0.05, 0) is 19.4 Å². The van der Waals surface area contributed by atoms with E-state index in [1.54, 1.807) is 13.8 Å². The van der Waals surface area contributed by atoms with E-state index in [9.17, 15) is 8.78 Å². The quantitative estimate of drug-likeness (QED) is 0.784. The van der Waals surface area contributed by atoms with Gasteiger partial charge in [0.1, 0.15) is 18.2 Å². The molecule has 98 valence electrons. The molecule has 0 aliphatic carbocycles. The van der Waals surface area contributed by atoms with Gasteiger partial charge in [-0.25, -0.2) is 8.78 Å². The fourth-order valence-electron chi connectivity index (χ4n) is 1.28. The molecule has 1 aromatic rings. The first kappa shape index (κ1) is 14.3. The second-order valence-corrected chi connectivity index (χ2v) is 3.64. The van der Waals surface area contributed by atoms with Crippen LogP contribution in [0.2, 0.25) is 0 Å². The third-order valence-corrected chi connectivity index (χ3v) is 2.35. The fraction of sp³-hybridized carbons (Fsp3) is 0.545. The van der Waals surface area contributed by atoms with Gasteiger partial charge in [0.2, 0.25) is 0 Å². The summed E-state index contributed by atoms with van der Waals surface area (Å²) in [6, 6.07) is 2.04. The summed E-state index contributed by atoms with van der Waals surface area (Å²) in [6.07, 6.45) is -2.47. The van der Waals surface area contributed by atoms with Crippen LogP contribution in [0.15, 0.2) is 0 Å². The van der Waals surface area contributed by atoms with Gasteiger partial charge in [-0.3, -0.25) is 0 Å². The molecule has 0 radical (unpaired) electrons. The minimum Gasteiger partial charge on any atom is -0.374 e. The molecule has 1 aromatic heterocycles. The molecule has 0 spiro atoms. The molecule has 5 nitrogen and oxygen atoms in total. The molecule has 1 rings (SSSR count). The van der Waals surface area contributed by atoms with E-state index in [-0.39, 0.29) is 6.61 Å². The fourth-order valence-corrected chi connectivity index (χ4v) is 1.28. The lowest BCUT2D eigenvalue weighted by Gasteiger charge is -2.09. The standard InChI is InChI=1S/C11H14F2N4O/c1-7-8(2)16-17-11(9(7)5-14)15-3-4-18-6-10(12)13/h10H,3-4,6H2,1-2H3,(H,15,17). The summed E-state index contributed by atoms with van der Waals surface area (Å²) in [4.78, 5) is 0. The van der Waals surface area contributed by atoms with Crippen LogP contribution in [0.25, 0.3) is 0 Å². The molecule has 0 aliphatic heterocycles. The van der Waals surface area contributed by atoms with Gasteiger partial charge >= 0.3 is 0 Å². The number of aromatic nitrogens is 2. The lowest BCUT2D eigenvalue weighted by molar-refractivity contribution is 0.0214. The van der Waals surface area contributed by atoms with E-state index < -0.39 is 13.0 Å². The van der Waals surface area contributed by atoms with Gasteiger partial charge in [0, 0.05) is 6.54 Å². The highest BCUT2D eigenvalue weighted by Gasteiger charge is 2.10. The highest BCUT2D eigenvalue weighted by molar-refractivity contribution is 5.55. The lowest BCUT2D eigenvalue weighted by atomic mass is 10.1. The molecule has 18 heavy (non-hydrogen) atoms. The largest absolute Gasteiger partial charge is 0.374 e. The molecule has 0 bridgehead atoms. The predicted molar refractivity (Wildman–Crippen MR) is 61.5 cm³/mol. The van der Waals surface area contributed by atoms with Crippen molar-refractivity contribution in [3.05, 3.63) is 16.8 Å². The van der Waals surface area contributed by atoms with Gasteiger partial charge in [0.05, 0.1) is 12.3 Å². The molecular weight excluding hydrogens is 242 g/mol. The zero-order chi connectivity index (χ0) is 13.5. The first-order valence-electron chi connectivity index (χ1n) is 5.40. The Morgan fingerprint density at radius 1 is 1.39 bits per heavy atom. The van der Waals surface area contributed by atoms with Crippen LogP contribution in [0.4, 0.5) is 14.6 Å². The Morgan fingerprint density at radius 2 is 2.11 bits per heavy atom. The van der Waals surface area contributed by atoms with Crippen molar-refractivity contribution in [2.24, 2.45) is 0 Å². The first-order valence-corrected chi connectivity index (χ1v) is 5.40. The summed E-state index contributed by atoms with van der Waals surface area (Å²) in [5, 5.41) is 19.6. The van der Waals surface area contributed by atoms with E-state index in [1.807, 2.05) is 6.07 Å². The summed E-state index contributed by atoms with van der Waals surface area (Å²) in [6.45, 7) is 3.35. The zero-order valence-electron chi connectivity index (χ0n) is 10.2. The van der Waals surface area contributed by atoms with Crippen LogP contribution in [0.5, 0.6) is 0 Å². The van der Waals surface area contributed by atoms with E-state index in [4.69, 9.17) is 10.00 Å². The number of hydrogen-bond acceptors (Lipinski definition) is 5. The molecule has 0 saturated heterocycles. The highest BCUT2D eigenvalue weighted by atomic mass is 19.3. The number of ether oxygens (including phenoxy) is 1. The average molecular weight is 256 g/mol. The monoisotopic (exact) mass is 256 g/mol. The Kier molecular flexibility index (Phi) is 5.39. The number of hydrogen-bond donors (Lipinski definition) is 1. The minimum atomic E-state index is -2.47. The SMILES string of the molecule is Cc1nnc(NCCOCC(F)F)c(C#N)c1C. The van der Waals surface area contributed by atoms with Crippen LogP contribution in [-0.2, 0) is 4.74 Å². The van der Waals surface area contributed by atoms with Crippen LogP contribution in [-0.4, -0.2) is 36.4 Å². The number of anilines is 1. The Hall–Kier alpha value is -1.81. The molecule has 7 heteroatoms. The van der Waals surface area contributed by atoms with Gasteiger partial charge in [0.25, 0.3) is 6.43 Å². The summed E-state index contributed by atoms with van der Waals surface area (Å²) < 4.78 is 28.3. The van der Waals surface area contributed by atoms with Crippen molar-refractivity contribution >= 4 is 5.82 Å². The molecule has 0 aliphatic rings. The van der Waals surface area contributed by atoms with Crippen LogP contribution in [0.3, 0.4) is 0 Å². The molecule has 0 aromatic carbocycles. The van der Waals surface area contributed by atoms with Gasteiger partial charge in [0.15, 0.2) is 5.82 Å². The van der Waals surface area contributed by atoms with Gasteiger partial charge in [-0.15, -0.1) is 5.10 Å². The van der Waals surface area contributed by atoms with E-state index in [1.165, 1.54) is 0 Å². The normalized spacial score (nSPS) is 10.4. The molecule has 0 saturated carbocycles. The maximum atomic E-state index is 11.8. The molecule has 1 heterocycles. The van der Waals surface area contributed by atoms with Crippen molar-refractivity contribution in [1.29, 1.82) is 5.26 Å². The zero-order valence-corrected chi connectivity index (χ0v) is 10.2. The third-order valence-electron chi connectivity index (χ3n) is 2.35. The Balaban J connectivity index is 2.53. The summed E-state index contributed by atoms with van der Waals surface area (Å²) in [5.41, 5.74) is 1.85. The topological polar surface area (TPSA) is 70.8 Å². The maximum absolute atomic E-state index is 11.8. The van der Waals surface area contributed by atoms with E-state index in [0.29, 0.717) is 23.6 Å². The molecular formula is C11H14F2N4O. The minimum absolute atomic E-state index is 0.115. The number of aryl methyl sites for hydroxylation is 1. The third kappa shape index (κ3) is 3.89. The molecule has 1 N–H and O–H groups in total. The Labute approximate surface area is 104 Å². The number of nitrogens with one attached hydrogen (secondary N) is 1. The van der Waals surface area contributed by atoms with Crippen molar-refractivity contribution in [3.8, 4) is 6.07 Å². The predicted octanol–water partition coefficient (Wildman–Crippen LogP) is 1.66. The Morgan fingerprint density at radius 3 is 2.72 bits per heavy atom. The lowest BCUT2D eigenvalue weighted by Crippen LogP contribution is -2.15. The van der Waals surface area contributed by atoms with Crippen molar-refractivity contribution in [3.63, 3.8) is 0 Å². The second-order valence-electron chi connectivity index (χ2n) is 3.64. The van der Waals surface area contributed by atoms with Crippen molar-refractivity contribution in [1.82, 2.24) is 10.2 Å². The number of rotatable bonds is 6. The van der Waals surface area contributed by atoms with E-state index in [0.717, 1.165) is 5.56 Å². The molecule has 0 atom stereocenters. The second kappa shape index (κ2) is 6.81. The molecule has 0 fully saturated rings. The van der Waals surface area contributed by atoms with Crippen molar-refractivity contribution in [2.75, 3.05) is 25.1 Å². The van der Waals surface area contributed by atoms with Gasteiger partial charge in [-0.1, -0.05) is 0 Å². The van der Waals surface area contributed by atoms with Crippen LogP contribution < -0.4 is 5.32 Å². The van der Waals surface area contributed by atoms with Gasteiger partial charge in [-0.2, -0.15) is 10.4 Å². The van der Waals surface area contributed by atoms with E-state index in [2.05, 4.69) is 15.5 Å². The van der Waals surface area contributed by atoms with Crippen LogP contribution in [0, 0.1) is 25.2 Å². The van der Waals surface area contributed by atoms with E-state index >= 15 is 0 Å². The van der Waals surface area contributed by atoms with Crippen LogP contribution in [0.1, 0.15) is 16.8 Å². The number of alkyl halides is 2. The first-order chi connectivity index (χ1) is 8.56. The van der Waals surface area contributed by atoms with Crippen molar-refractivity contribution < 1.29 is 13.5 Å². The molecule has 0 amide bonds. The number of nitriles is 1. The highest BCUT2D eigenvalue weighted by Crippen LogP contribution is 2.16. The summed E-state index contributed by atoms with van der Waals surface area (Å²) in [5.74, 6) is 0.348. The average Bonchev–Trinajstić information content (AvgIpc) is 2.33. The molecule has 0 unspecified atom stereocenters. The Bertz CT molecular complexity index is 445.